The lowest BCUT2D eigenvalue weighted by molar-refractivity contribution is 0.479. The Morgan fingerprint density at radius 1 is 1.42 bits per heavy atom. The first-order valence-corrected chi connectivity index (χ1v) is 7.81. The molecule has 3 N–H and O–H groups in total. The Bertz CT molecular complexity index is 580. The van der Waals surface area contributed by atoms with Gasteiger partial charge in [0.2, 0.25) is 5.28 Å². The third-order valence-corrected chi connectivity index (χ3v) is 4.04. The number of aromatic nitrogens is 4. The number of piperidine rings is 1. The first kappa shape index (κ1) is 13.0. The van der Waals surface area contributed by atoms with E-state index in [1.165, 1.54) is 6.42 Å². The molecule has 0 radical (unpaired) electrons. The number of hydrogen-bond acceptors (Lipinski definition) is 6. The first-order valence-electron chi connectivity index (χ1n) is 6.21. The maximum absolute atomic E-state index is 5.96. The summed E-state index contributed by atoms with van der Waals surface area (Å²) in [6.07, 6.45) is 4.28. The second-order valence-corrected chi connectivity index (χ2v) is 5.62. The van der Waals surface area contributed by atoms with Crippen LogP contribution in [0.4, 0.5) is 5.82 Å². The van der Waals surface area contributed by atoms with E-state index in [4.69, 9.17) is 11.6 Å². The van der Waals surface area contributed by atoms with E-state index in [2.05, 4.69) is 30.8 Å². The Hall–Kier alpha value is -1.05. The Morgan fingerprint density at radius 3 is 3.05 bits per heavy atom. The summed E-state index contributed by atoms with van der Waals surface area (Å²) in [5.74, 6) is 0.766. The van der Waals surface area contributed by atoms with E-state index in [0.29, 0.717) is 11.7 Å². The van der Waals surface area contributed by atoms with Crippen molar-refractivity contribution in [3.63, 3.8) is 0 Å². The van der Waals surface area contributed by atoms with Crippen molar-refractivity contribution in [1.29, 1.82) is 0 Å². The molecule has 1 aliphatic heterocycles. The van der Waals surface area contributed by atoms with Crippen molar-refractivity contribution in [1.82, 2.24) is 25.5 Å². The van der Waals surface area contributed by atoms with Gasteiger partial charge in [0.1, 0.15) is 10.8 Å². The Balaban J connectivity index is 1.98. The van der Waals surface area contributed by atoms with Gasteiger partial charge in [-0.1, -0.05) is 0 Å². The zero-order chi connectivity index (χ0) is 13.2. The number of fused-ring (bicyclic) bond motifs is 1. The molecule has 6 nitrogen and oxygen atoms in total. The van der Waals surface area contributed by atoms with Crippen LogP contribution in [0.2, 0.25) is 5.28 Å². The molecule has 1 unspecified atom stereocenters. The predicted molar refractivity (Wildman–Crippen MR) is 78.0 cm³/mol. The molecule has 0 bridgehead atoms. The van der Waals surface area contributed by atoms with Crippen molar-refractivity contribution in [2.45, 2.75) is 23.9 Å². The van der Waals surface area contributed by atoms with Gasteiger partial charge < -0.3 is 10.6 Å². The molecule has 3 rings (SSSR count). The molecular weight excluding hydrogens is 284 g/mol. The molecule has 0 amide bonds. The van der Waals surface area contributed by atoms with E-state index < -0.39 is 0 Å². The summed E-state index contributed by atoms with van der Waals surface area (Å²) in [5, 5.41) is 16.0. The van der Waals surface area contributed by atoms with Gasteiger partial charge in [0.05, 0.1) is 5.39 Å². The van der Waals surface area contributed by atoms with Crippen LogP contribution in [-0.4, -0.2) is 45.6 Å². The summed E-state index contributed by atoms with van der Waals surface area (Å²) < 4.78 is 0. The highest BCUT2D eigenvalue weighted by molar-refractivity contribution is 7.98. The largest absolute Gasteiger partial charge is 0.365 e. The maximum Gasteiger partial charge on any atom is 0.226 e. The van der Waals surface area contributed by atoms with E-state index >= 15 is 0 Å². The number of rotatable bonds is 3. The fourth-order valence-electron chi connectivity index (χ4n) is 2.30. The number of nitrogens with one attached hydrogen (secondary N) is 3. The fraction of sp³-hybridized carbons (Fsp3) is 0.545. The Morgan fingerprint density at radius 2 is 2.32 bits per heavy atom. The average molecular weight is 299 g/mol. The van der Waals surface area contributed by atoms with Crippen molar-refractivity contribution in [2.75, 3.05) is 24.7 Å². The number of anilines is 1. The standard InChI is InChI=1S/C11H15ClN6S/c1-19-10-7-8(14-6-3-2-4-13-5-6)15-11(12)16-9(7)17-18-10/h6,13H,2-5H2,1H3,(H2,14,15,16,17,18). The van der Waals surface area contributed by atoms with Crippen LogP contribution in [0.1, 0.15) is 12.8 Å². The van der Waals surface area contributed by atoms with Crippen LogP contribution in [0.15, 0.2) is 5.03 Å². The van der Waals surface area contributed by atoms with E-state index in [9.17, 15) is 0 Å². The van der Waals surface area contributed by atoms with Crippen LogP contribution in [0.25, 0.3) is 11.0 Å². The van der Waals surface area contributed by atoms with Crippen LogP contribution in [0.3, 0.4) is 0 Å². The second-order valence-electron chi connectivity index (χ2n) is 4.49. The molecule has 0 saturated carbocycles. The monoisotopic (exact) mass is 298 g/mol. The molecule has 3 heterocycles. The van der Waals surface area contributed by atoms with Crippen molar-refractivity contribution in [3.8, 4) is 0 Å². The molecule has 1 atom stereocenters. The van der Waals surface area contributed by atoms with Gasteiger partial charge in [-0.2, -0.15) is 15.1 Å². The van der Waals surface area contributed by atoms with Crippen molar-refractivity contribution >= 4 is 40.2 Å². The van der Waals surface area contributed by atoms with Gasteiger partial charge in [0.15, 0.2) is 5.65 Å². The third kappa shape index (κ3) is 2.63. The molecule has 2 aromatic heterocycles. The smallest absolute Gasteiger partial charge is 0.226 e. The number of hydrogen-bond donors (Lipinski definition) is 3. The van der Waals surface area contributed by atoms with Crippen LogP contribution in [-0.2, 0) is 0 Å². The lowest BCUT2D eigenvalue weighted by atomic mass is 10.1. The van der Waals surface area contributed by atoms with Crippen LogP contribution in [0, 0.1) is 0 Å². The molecule has 1 saturated heterocycles. The highest BCUT2D eigenvalue weighted by Gasteiger charge is 2.18. The third-order valence-electron chi connectivity index (χ3n) is 3.19. The number of aromatic amines is 1. The molecule has 0 aliphatic carbocycles. The summed E-state index contributed by atoms with van der Waals surface area (Å²) in [5.41, 5.74) is 0.676. The second kappa shape index (κ2) is 5.52. The molecule has 0 aromatic carbocycles. The van der Waals surface area contributed by atoms with Crippen molar-refractivity contribution < 1.29 is 0 Å². The summed E-state index contributed by atoms with van der Waals surface area (Å²) >= 11 is 7.53. The highest BCUT2D eigenvalue weighted by Crippen LogP contribution is 2.29. The van der Waals surface area contributed by atoms with Crippen LogP contribution in [0.5, 0.6) is 0 Å². The van der Waals surface area contributed by atoms with Gasteiger partial charge in [-0.3, -0.25) is 5.10 Å². The van der Waals surface area contributed by atoms with Gasteiger partial charge in [-0.05, 0) is 37.2 Å². The average Bonchev–Trinajstić information content (AvgIpc) is 2.82. The number of halogens is 1. The minimum atomic E-state index is 0.232. The van der Waals surface area contributed by atoms with E-state index in [-0.39, 0.29) is 5.28 Å². The van der Waals surface area contributed by atoms with Gasteiger partial charge >= 0.3 is 0 Å². The molecule has 1 fully saturated rings. The maximum atomic E-state index is 5.96. The lowest BCUT2D eigenvalue weighted by Crippen LogP contribution is -2.38. The zero-order valence-electron chi connectivity index (χ0n) is 10.5. The SMILES string of the molecule is CSc1n[nH]c2nc(Cl)nc(NC3CCCNC3)c12. The van der Waals surface area contributed by atoms with Gasteiger partial charge in [-0.25, -0.2) is 0 Å². The lowest BCUT2D eigenvalue weighted by Gasteiger charge is -2.24. The molecule has 19 heavy (non-hydrogen) atoms. The minimum absolute atomic E-state index is 0.232. The van der Waals surface area contributed by atoms with Crippen LogP contribution < -0.4 is 10.6 Å². The summed E-state index contributed by atoms with van der Waals surface area (Å²) in [4.78, 5) is 8.48. The molecule has 2 aromatic rings. The summed E-state index contributed by atoms with van der Waals surface area (Å²) in [7, 11) is 0. The van der Waals surface area contributed by atoms with Crippen LogP contribution >= 0.6 is 23.4 Å². The van der Waals surface area contributed by atoms with Crippen molar-refractivity contribution in [3.05, 3.63) is 5.28 Å². The number of thioether (sulfide) groups is 1. The van der Waals surface area contributed by atoms with E-state index in [1.807, 2.05) is 6.26 Å². The molecule has 1 aliphatic rings. The first-order chi connectivity index (χ1) is 9.28. The van der Waals surface area contributed by atoms with Gasteiger partial charge in [0.25, 0.3) is 0 Å². The van der Waals surface area contributed by atoms with Gasteiger partial charge in [0, 0.05) is 12.6 Å². The minimum Gasteiger partial charge on any atom is -0.365 e. The Kier molecular flexibility index (Phi) is 3.76. The van der Waals surface area contributed by atoms with E-state index in [1.54, 1.807) is 11.8 Å². The molecule has 102 valence electrons. The fourth-order valence-corrected chi connectivity index (χ4v) is 3.00. The number of nitrogens with zero attached hydrogens (tertiary/aromatic N) is 3. The highest BCUT2D eigenvalue weighted by atomic mass is 35.5. The summed E-state index contributed by atoms with van der Waals surface area (Å²) in [6.45, 7) is 2.02. The predicted octanol–water partition coefficient (Wildman–Crippen LogP) is 1.89. The Labute approximate surface area is 120 Å². The molecule has 0 spiro atoms. The van der Waals surface area contributed by atoms with Gasteiger partial charge in [-0.15, -0.1) is 11.8 Å². The molecule has 8 heteroatoms. The topological polar surface area (TPSA) is 78.5 Å². The number of H-pyrrole nitrogens is 1. The quantitative estimate of drug-likeness (QED) is 0.593. The zero-order valence-corrected chi connectivity index (χ0v) is 12.1. The van der Waals surface area contributed by atoms with E-state index in [0.717, 1.165) is 35.7 Å². The normalized spacial score (nSPS) is 19.8. The molecular formula is C11H15ClN6S. The summed E-state index contributed by atoms with van der Waals surface area (Å²) in [6, 6.07) is 0.368. The van der Waals surface area contributed by atoms with Crippen molar-refractivity contribution in [2.24, 2.45) is 0 Å².